The predicted molar refractivity (Wildman–Crippen MR) is 35.2 cm³/mol. The monoisotopic (exact) mass is 188 g/mol. The molecular weight excluding hydrogens is 184 g/mol. The lowest BCUT2D eigenvalue weighted by atomic mass is 10.5. The lowest BCUT2D eigenvalue weighted by Gasteiger charge is -1.94. The third-order valence-electron chi connectivity index (χ3n) is 0.896. The van der Waals surface area contributed by atoms with Crippen LogP contribution in [-0.4, -0.2) is 9.94 Å². The SMILES string of the molecule is N=c1cc(Br)ccn1O. The number of hydrogen-bond acceptors (Lipinski definition) is 2. The standard InChI is InChI=1S/C5H5BrN2O/c6-4-1-2-8(9)5(7)3-4/h1-3,7,9H. The van der Waals surface area contributed by atoms with Crippen LogP contribution in [-0.2, 0) is 0 Å². The van der Waals surface area contributed by atoms with E-state index in [0.717, 1.165) is 9.20 Å². The van der Waals surface area contributed by atoms with Gasteiger partial charge >= 0.3 is 0 Å². The van der Waals surface area contributed by atoms with Crippen molar-refractivity contribution in [1.29, 1.82) is 5.41 Å². The number of hydrogen-bond donors (Lipinski definition) is 2. The molecule has 0 aliphatic heterocycles. The van der Waals surface area contributed by atoms with Crippen LogP contribution in [0.5, 0.6) is 0 Å². The first-order valence-electron chi connectivity index (χ1n) is 2.32. The lowest BCUT2D eigenvalue weighted by Crippen LogP contribution is -2.14. The van der Waals surface area contributed by atoms with Crippen LogP contribution >= 0.6 is 15.9 Å². The molecule has 0 radical (unpaired) electrons. The Morgan fingerprint density at radius 3 is 2.78 bits per heavy atom. The molecule has 0 unspecified atom stereocenters. The average molecular weight is 189 g/mol. The Bertz CT molecular complexity index is 268. The quantitative estimate of drug-likeness (QED) is 0.587. The Labute approximate surface area is 60.2 Å². The minimum absolute atomic E-state index is 0.0596. The summed E-state index contributed by atoms with van der Waals surface area (Å²) >= 11 is 3.15. The Morgan fingerprint density at radius 2 is 2.33 bits per heavy atom. The predicted octanol–water partition coefficient (Wildman–Crippen LogP) is 0.967. The van der Waals surface area contributed by atoms with Crippen molar-refractivity contribution in [2.24, 2.45) is 0 Å². The van der Waals surface area contributed by atoms with E-state index in [4.69, 9.17) is 10.6 Å². The van der Waals surface area contributed by atoms with E-state index in [-0.39, 0.29) is 5.49 Å². The first-order valence-corrected chi connectivity index (χ1v) is 3.11. The molecule has 0 saturated carbocycles. The van der Waals surface area contributed by atoms with Crippen molar-refractivity contribution in [3.05, 3.63) is 28.3 Å². The number of pyridine rings is 1. The molecule has 0 fully saturated rings. The molecule has 3 nitrogen and oxygen atoms in total. The average Bonchev–Trinajstić information content (AvgIpc) is 1.80. The van der Waals surface area contributed by atoms with E-state index in [1.54, 1.807) is 6.07 Å². The molecule has 48 valence electrons. The molecule has 1 aromatic heterocycles. The molecule has 0 bridgehead atoms. The van der Waals surface area contributed by atoms with E-state index >= 15 is 0 Å². The van der Waals surface area contributed by atoms with Gasteiger partial charge in [-0.05, 0) is 12.1 Å². The van der Waals surface area contributed by atoms with Crippen molar-refractivity contribution < 1.29 is 5.21 Å². The molecule has 2 N–H and O–H groups in total. The van der Waals surface area contributed by atoms with E-state index < -0.39 is 0 Å². The molecule has 0 aliphatic carbocycles. The molecular formula is C5H5BrN2O. The Balaban J connectivity index is 3.34. The summed E-state index contributed by atoms with van der Waals surface area (Å²) in [6, 6.07) is 3.15. The molecule has 0 atom stereocenters. The van der Waals surface area contributed by atoms with Gasteiger partial charge in [0.25, 0.3) is 0 Å². The van der Waals surface area contributed by atoms with Gasteiger partial charge in [-0.25, -0.2) is 0 Å². The molecule has 1 rings (SSSR count). The number of aromatic nitrogens is 1. The Kier molecular flexibility index (Phi) is 1.57. The normalized spacial score (nSPS) is 9.44. The van der Waals surface area contributed by atoms with Gasteiger partial charge in [0.2, 0.25) is 0 Å². The van der Waals surface area contributed by atoms with Crippen molar-refractivity contribution in [1.82, 2.24) is 4.73 Å². The number of nitrogens with zero attached hydrogens (tertiary/aromatic N) is 1. The van der Waals surface area contributed by atoms with Crippen LogP contribution in [0.1, 0.15) is 0 Å². The first kappa shape index (κ1) is 6.35. The van der Waals surface area contributed by atoms with Crippen LogP contribution in [0.3, 0.4) is 0 Å². The summed E-state index contributed by atoms with van der Waals surface area (Å²) in [5.41, 5.74) is 0.0596. The summed E-state index contributed by atoms with van der Waals surface area (Å²) in [5, 5.41) is 15.8. The topological polar surface area (TPSA) is 49.0 Å². The summed E-state index contributed by atoms with van der Waals surface area (Å²) in [6.45, 7) is 0. The van der Waals surface area contributed by atoms with Crippen molar-refractivity contribution in [2.45, 2.75) is 0 Å². The van der Waals surface area contributed by atoms with Gasteiger partial charge in [0.1, 0.15) is 0 Å². The zero-order chi connectivity index (χ0) is 6.85. The molecule has 1 aromatic rings. The van der Waals surface area contributed by atoms with Gasteiger partial charge in [0, 0.05) is 10.7 Å². The van der Waals surface area contributed by atoms with Gasteiger partial charge in [-0.1, -0.05) is 15.9 Å². The van der Waals surface area contributed by atoms with Crippen molar-refractivity contribution in [2.75, 3.05) is 0 Å². The summed E-state index contributed by atoms with van der Waals surface area (Å²) in [5.74, 6) is 0. The van der Waals surface area contributed by atoms with Crippen molar-refractivity contribution in [3.63, 3.8) is 0 Å². The van der Waals surface area contributed by atoms with Crippen LogP contribution in [0.2, 0.25) is 0 Å². The smallest absolute Gasteiger partial charge is 0.161 e. The van der Waals surface area contributed by atoms with Crippen LogP contribution in [0.25, 0.3) is 0 Å². The van der Waals surface area contributed by atoms with Crippen LogP contribution in [0, 0.1) is 5.41 Å². The molecule has 9 heavy (non-hydrogen) atoms. The van der Waals surface area contributed by atoms with Crippen molar-refractivity contribution in [3.8, 4) is 0 Å². The summed E-state index contributed by atoms with van der Waals surface area (Å²) in [6.07, 6.45) is 1.40. The fourth-order valence-electron chi connectivity index (χ4n) is 0.467. The summed E-state index contributed by atoms with van der Waals surface area (Å²) < 4.78 is 1.53. The lowest BCUT2D eigenvalue weighted by molar-refractivity contribution is 0.170. The molecule has 4 heteroatoms. The van der Waals surface area contributed by atoms with Gasteiger partial charge in [0.15, 0.2) is 5.49 Å². The van der Waals surface area contributed by atoms with E-state index in [1.807, 2.05) is 0 Å². The van der Waals surface area contributed by atoms with Crippen molar-refractivity contribution >= 4 is 15.9 Å². The van der Waals surface area contributed by atoms with E-state index in [1.165, 1.54) is 12.3 Å². The van der Waals surface area contributed by atoms with Gasteiger partial charge < -0.3 is 5.21 Å². The second-order valence-corrected chi connectivity index (χ2v) is 2.49. The Morgan fingerprint density at radius 1 is 1.67 bits per heavy atom. The number of nitrogens with one attached hydrogen (secondary N) is 1. The molecule has 0 aliphatic rings. The highest BCUT2D eigenvalue weighted by Crippen LogP contribution is 2.02. The van der Waals surface area contributed by atoms with Gasteiger partial charge in [-0.3, -0.25) is 5.41 Å². The van der Waals surface area contributed by atoms with E-state index in [0.29, 0.717) is 0 Å². The van der Waals surface area contributed by atoms with Gasteiger partial charge in [-0.15, -0.1) is 0 Å². The highest BCUT2D eigenvalue weighted by Gasteiger charge is 1.86. The second kappa shape index (κ2) is 2.23. The van der Waals surface area contributed by atoms with Gasteiger partial charge in [0.05, 0.1) is 0 Å². The third-order valence-corrected chi connectivity index (χ3v) is 1.39. The first-order chi connectivity index (χ1) is 4.20. The number of halogens is 1. The minimum atomic E-state index is 0.0596. The highest BCUT2D eigenvalue weighted by molar-refractivity contribution is 9.10. The minimum Gasteiger partial charge on any atom is -0.427 e. The van der Waals surface area contributed by atoms with Crippen LogP contribution in [0.4, 0.5) is 0 Å². The van der Waals surface area contributed by atoms with Gasteiger partial charge in [-0.2, -0.15) is 4.73 Å². The zero-order valence-electron chi connectivity index (χ0n) is 4.50. The Hall–Kier alpha value is -0.770. The van der Waals surface area contributed by atoms with Crippen LogP contribution < -0.4 is 5.49 Å². The zero-order valence-corrected chi connectivity index (χ0v) is 6.09. The molecule has 0 aromatic carbocycles. The molecule has 1 heterocycles. The summed E-state index contributed by atoms with van der Waals surface area (Å²) in [4.78, 5) is 0. The molecule has 0 spiro atoms. The summed E-state index contributed by atoms with van der Waals surface area (Å²) in [7, 11) is 0. The van der Waals surface area contributed by atoms with E-state index in [2.05, 4.69) is 15.9 Å². The second-order valence-electron chi connectivity index (χ2n) is 1.57. The third kappa shape index (κ3) is 1.32. The maximum atomic E-state index is 8.75. The highest BCUT2D eigenvalue weighted by atomic mass is 79.9. The van der Waals surface area contributed by atoms with Crippen LogP contribution in [0.15, 0.2) is 22.8 Å². The molecule has 0 amide bonds. The number of rotatable bonds is 0. The maximum Gasteiger partial charge on any atom is 0.161 e. The largest absolute Gasteiger partial charge is 0.427 e. The van der Waals surface area contributed by atoms with E-state index in [9.17, 15) is 0 Å². The fourth-order valence-corrected chi connectivity index (χ4v) is 0.802. The molecule has 0 saturated heterocycles. The fraction of sp³-hybridized carbons (Fsp3) is 0. The maximum absolute atomic E-state index is 8.75.